The molecule has 0 aliphatic heterocycles. The molecule has 7 heteroatoms. The second kappa shape index (κ2) is 4.84. The highest BCUT2D eigenvalue weighted by Crippen LogP contribution is 2.26. The van der Waals surface area contributed by atoms with Crippen molar-refractivity contribution in [1.82, 2.24) is 19.7 Å². The van der Waals surface area contributed by atoms with Crippen LogP contribution in [0.1, 0.15) is 11.7 Å². The molecule has 2 N–H and O–H groups in total. The molecule has 0 fully saturated rings. The van der Waals surface area contributed by atoms with Crippen LogP contribution in [-0.4, -0.2) is 26.8 Å². The van der Waals surface area contributed by atoms with Gasteiger partial charge in [-0.15, -0.1) is 0 Å². The Labute approximate surface area is 115 Å². The van der Waals surface area contributed by atoms with Crippen molar-refractivity contribution in [1.29, 1.82) is 0 Å². The molecule has 20 heavy (non-hydrogen) atoms. The maximum Gasteiger partial charge on any atom is 0.223 e. The summed E-state index contributed by atoms with van der Waals surface area (Å²) >= 11 is 0. The number of aryl methyl sites for hydroxylation is 3. The van der Waals surface area contributed by atoms with Crippen LogP contribution in [0.5, 0.6) is 5.75 Å². The Balaban J connectivity index is 1.93. The van der Waals surface area contributed by atoms with Crippen molar-refractivity contribution in [2.45, 2.75) is 19.9 Å². The monoisotopic (exact) mass is 273 g/mol. The largest absolute Gasteiger partial charge is 0.494 e. The fourth-order valence-corrected chi connectivity index (χ4v) is 2.19. The standard InChI is InChI=1S/C13H15N5O2/c1-8-15-11(17-20-8)6-7-18-9-4-3-5-10(19-2)12(9)16-13(18)14/h3-5H,6-7H2,1-2H3,(H2,14,16). The van der Waals surface area contributed by atoms with Crippen LogP contribution in [-0.2, 0) is 13.0 Å². The second-order valence-electron chi connectivity index (χ2n) is 4.43. The number of ether oxygens (including phenoxy) is 1. The van der Waals surface area contributed by atoms with E-state index in [0.717, 1.165) is 11.0 Å². The molecule has 3 aromatic rings. The molecular formula is C13H15N5O2. The summed E-state index contributed by atoms with van der Waals surface area (Å²) < 4.78 is 12.2. The van der Waals surface area contributed by atoms with Crippen molar-refractivity contribution in [2.24, 2.45) is 0 Å². The topological polar surface area (TPSA) is 92.0 Å². The summed E-state index contributed by atoms with van der Waals surface area (Å²) in [5.41, 5.74) is 7.67. The summed E-state index contributed by atoms with van der Waals surface area (Å²) in [5.74, 6) is 2.38. The lowest BCUT2D eigenvalue weighted by atomic mass is 10.3. The van der Waals surface area contributed by atoms with Crippen molar-refractivity contribution in [3.63, 3.8) is 0 Å². The molecule has 0 saturated heterocycles. The van der Waals surface area contributed by atoms with E-state index in [-0.39, 0.29) is 0 Å². The van der Waals surface area contributed by atoms with E-state index < -0.39 is 0 Å². The Morgan fingerprint density at radius 3 is 2.90 bits per heavy atom. The molecule has 7 nitrogen and oxygen atoms in total. The van der Waals surface area contributed by atoms with Crippen molar-refractivity contribution in [3.05, 3.63) is 29.9 Å². The highest BCUT2D eigenvalue weighted by molar-refractivity contribution is 5.84. The fourth-order valence-electron chi connectivity index (χ4n) is 2.19. The Morgan fingerprint density at radius 1 is 1.35 bits per heavy atom. The molecule has 3 rings (SSSR count). The highest BCUT2D eigenvalue weighted by Gasteiger charge is 2.12. The number of rotatable bonds is 4. The number of anilines is 1. The minimum absolute atomic E-state index is 0.449. The van der Waals surface area contributed by atoms with Crippen LogP contribution >= 0.6 is 0 Å². The number of hydrogen-bond donors (Lipinski definition) is 1. The number of para-hydroxylation sites is 1. The van der Waals surface area contributed by atoms with Gasteiger partial charge in [-0.25, -0.2) is 4.98 Å². The molecule has 0 spiro atoms. The Morgan fingerprint density at radius 2 is 2.20 bits per heavy atom. The van der Waals surface area contributed by atoms with Gasteiger partial charge in [0.05, 0.1) is 12.6 Å². The number of nitrogens with zero attached hydrogens (tertiary/aromatic N) is 4. The fraction of sp³-hybridized carbons (Fsp3) is 0.308. The van der Waals surface area contributed by atoms with Crippen LogP contribution in [0.3, 0.4) is 0 Å². The average molecular weight is 273 g/mol. The van der Waals surface area contributed by atoms with Gasteiger partial charge in [0.15, 0.2) is 5.82 Å². The predicted molar refractivity (Wildman–Crippen MR) is 73.4 cm³/mol. The molecule has 0 radical (unpaired) electrons. The molecule has 2 aromatic heterocycles. The van der Waals surface area contributed by atoms with Crippen molar-refractivity contribution >= 4 is 17.0 Å². The first-order valence-electron chi connectivity index (χ1n) is 6.27. The SMILES string of the molecule is COc1cccc2c1nc(N)n2CCc1noc(C)n1. The van der Waals surface area contributed by atoms with E-state index in [1.54, 1.807) is 14.0 Å². The molecular weight excluding hydrogens is 258 g/mol. The number of methoxy groups -OCH3 is 1. The predicted octanol–water partition coefficient (Wildman–Crippen LogP) is 1.56. The molecule has 0 bridgehead atoms. The van der Waals surface area contributed by atoms with E-state index in [1.807, 2.05) is 22.8 Å². The summed E-state index contributed by atoms with van der Waals surface area (Å²) in [6.07, 6.45) is 0.629. The van der Waals surface area contributed by atoms with Gasteiger partial charge in [-0.1, -0.05) is 11.2 Å². The van der Waals surface area contributed by atoms with E-state index >= 15 is 0 Å². The van der Waals surface area contributed by atoms with Gasteiger partial charge in [0.25, 0.3) is 0 Å². The maximum atomic E-state index is 5.98. The van der Waals surface area contributed by atoms with Gasteiger partial charge in [-0.05, 0) is 12.1 Å². The van der Waals surface area contributed by atoms with E-state index in [1.165, 1.54) is 0 Å². The number of fused-ring (bicyclic) bond motifs is 1. The number of nitrogens with two attached hydrogens (primary N) is 1. The lowest BCUT2D eigenvalue weighted by molar-refractivity contribution is 0.386. The van der Waals surface area contributed by atoms with E-state index in [4.69, 9.17) is 15.0 Å². The van der Waals surface area contributed by atoms with Crippen LogP contribution in [0, 0.1) is 6.92 Å². The molecule has 2 heterocycles. The van der Waals surface area contributed by atoms with Crippen molar-refractivity contribution < 1.29 is 9.26 Å². The zero-order chi connectivity index (χ0) is 14.1. The number of hydrogen-bond acceptors (Lipinski definition) is 6. The first kappa shape index (κ1) is 12.5. The van der Waals surface area contributed by atoms with Gasteiger partial charge in [0, 0.05) is 19.9 Å². The van der Waals surface area contributed by atoms with E-state index in [2.05, 4.69) is 15.1 Å². The molecule has 1 aromatic carbocycles. The van der Waals surface area contributed by atoms with Gasteiger partial charge >= 0.3 is 0 Å². The van der Waals surface area contributed by atoms with Crippen LogP contribution in [0.25, 0.3) is 11.0 Å². The molecule has 0 aliphatic carbocycles. The average Bonchev–Trinajstić information content (AvgIpc) is 2.99. The molecule has 0 saturated carbocycles. The molecule has 0 atom stereocenters. The van der Waals surface area contributed by atoms with E-state index in [0.29, 0.717) is 36.4 Å². The lowest BCUT2D eigenvalue weighted by Gasteiger charge is -2.05. The Bertz CT molecular complexity index is 746. The second-order valence-corrected chi connectivity index (χ2v) is 4.43. The number of nitrogen functional groups attached to an aromatic ring is 1. The van der Waals surface area contributed by atoms with E-state index in [9.17, 15) is 0 Å². The third-order valence-corrected chi connectivity index (χ3v) is 3.12. The maximum absolute atomic E-state index is 5.98. The van der Waals surface area contributed by atoms with Gasteiger partial charge in [-0.2, -0.15) is 4.98 Å². The summed E-state index contributed by atoms with van der Waals surface area (Å²) in [6.45, 7) is 2.40. The van der Waals surface area contributed by atoms with Crippen LogP contribution in [0.4, 0.5) is 5.95 Å². The summed E-state index contributed by atoms with van der Waals surface area (Å²) in [4.78, 5) is 8.53. The third kappa shape index (κ3) is 2.07. The lowest BCUT2D eigenvalue weighted by Crippen LogP contribution is -2.06. The Hall–Kier alpha value is -2.57. The zero-order valence-electron chi connectivity index (χ0n) is 11.3. The van der Waals surface area contributed by atoms with Gasteiger partial charge in [0.1, 0.15) is 11.3 Å². The summed E-state index contributed by atoms with van der Waals surface area (Å²) in [5, 5.41) is 3.87. The van der Waals surface area contributed by atoms with Crippen LogP contribution < -0.4 is 10.5 Å². The number of benzene rings is 1. The van der Waals surface area contributed by atoms with Crippen LogP contribution in [0.15, 0.2) is 22.7 Å². The molecule has 104 valence electrons. The number of aromatic nitrogens is 4. The quantitative estimate of drug-likeness (QED) is 0.775. The first-order chi connectivity index (χ1) is 9.69. The zero-order valence-corrected chi connectivity index (χ0v) is 11.3. The van der Waals surface area contributed by atoms with Gasteiger partial charge in [0.2, 0.25) is 11.8 Å². The third-order valence-electron chi connectivity index (χ3n) is 3.12. The number of imidazole rings is 1. The normalized spacial score (nSPS) is 11.1. The Kier molecular flexibility index (Phi) is 3.02. The molecule has 0 aliphatic rings. The summed E-state index contributed by atoms with van der Waals surface area (Å²) in [6, 6.07) is 5.74. The first-order valence-corrected chi connectivity index (χ1v) is 6.27. The summed E-state index contributed by atoms with van der Waals surface area (Å²) in [7, 11) is 1.62. The minimum atomic E-state index is 0.449. The molecule has 0 amide bonds. The van der Waals surface area contributed by atoms with Gasteiger partial charge < -0.3 is 19.6 Å². The minimum Gasteiger partial charge on any atom is -0.494 e. The smallest absolute Gasteiger partial charge is 0.223 e. The van der Waals surface area contributed by atoms with Crippen molar-refractivity contribution in [3.8, 4) is 5.75 Å². The highest BCUT2D eigenvalue weighted by atomic mass is 16.5. The van der Waals surface area contributed by atoms with Gasteiger partial charge in [-0.3, -0.25) is 0 Å². The molecule has 0 unspecified atom stereocenters. The van der Waals surface area contributed by atoms with Crippen LogP contribution in [0.2, 0.25) is 0 Å². The van der Waals surface area contributed by atoms with Crippen molar-refractivity contribution in [2.75, 3.05) is 12.8 Å².